The van der Waals surface area contributed by atoms with Crippen LogP contribution in [-0.4, -0.2) is 5.78 Å². The van der Waals surface area contributed by atoms with Crippen molar-refractivity contribution in [1.82, 2.24) is 0 Å². The molecule has 98 valence electrons. The van der Waals surface area contributed by atoms with Crippen LogP contribution in [0.25, 0.3) is 0 Å². The van der Waals surface area contributed by atoms with Crippen molar-refractivity contribution in [3.63, 3.8) is 0 Å². The summed E-state index contributed by atoms with van der Waals surface area (Å²) < 4.78 is 0.711. The third-order valence-corrected chi connectivity index (χ3v) is 4.65. The largest absolute Gasteiger partial charge is 0.289 e. The fourth-order valence-corrected chi connectivity index (χ4v) is 2.65. The van der Waals surface area contributed by atoms with E-state index in [0.29, 0.717) is 25.6 Å². The molecule has 0 aliphatic heterocycles. The number of aryl methyl sites for hydroxylation is 2. The Kier molecular flexibility index (Phi) is 4.34. The maximum absolute atomic E-state index is 12.6. The molecule has 2 aromatic carbocycles. The molecule has 1 nitrogen and oxygen atoms in total. The maximum atomic E-state index is 12.6. The third-order valence-electron chi connectivity index (χ3n) is 2.95. The molecular formula is C15H11BrCl2O. The van der Waals surface area contributed by atoms with E-state index in [0.717, 1.165) is 11.1 Å². The molecule has 2 rings (SSSR count). The lowest BCUT2D eigenvalue weighted by atomic mass is 9.97. The van der Waals surface area contributed by atoms with Crippen LogP contribution in [0.15, 0.2) is 34.8 Å². The Morgan fingerprint density at radius 3 is 2.42 bits per heavy atom. The molecule has 0 radical (unpaired) electrons. The number of carbonyl (C=O) groups excluding carboxylic acids is 1. The van der Waals surface area contributed by atoms with Crippen LogP contribution in [0.5, 0.6) is 0 Å². The van der Waals surface area contributed by atoms with Crippen LogP contribution in [0.4, 0.5) is 0 Å². The Bertz CT molecular complexity index is 665. The second-order valence-electron chi connectivity index (χ2n) is 4.35. The predicted molar refractivity (Wildman–Crippen MR) is 83.5 cm³/mol. The van der Waals surface area contributed by atoms with Gasteiger partial charge in [-0.15, -0.1) is 0 Å². The van der Waals surface area contributed by atoms with Gasteiger partial charge in [-0.05, 0) is 65.2 Å². The summed E-state index contributed by atoms with van der Waals surface area (Å²) in [5.74, 6) is -0.0939. The van der Waals surface area contributed by atoms with Crippen molar-refractivity contribution in [2.45, 2.75) is 13.8 Å². The van der Waals surface area contributed by atoms with E-state index >= 15 is 0 Å². The van der Waals surface area contributed by atoms with Crippen LogP contribution >= 0.6 is 39.1 Å². The van der Waals surface area contributed by atoms with Crippen LogP contribution in [0.1, 0.15) is 27.0 Å². The Balaban J connectivity index is 2.56. The van der Waals surface area contributed by atoms with Gasteiger partial charge >= 0.3 is 0 Å². The molecular weight excluding hydrogens is 347 g/mol. The first kappa shape index (κ1) is 14.6. The highest BCUT2D eigenvalue weighted by molar-refractivity contribution is 9.10. The molecule has 0 fully saturated rings. The van der Waals surface area contributed by atoms with Crippen molar-refractivity contribution in [1.29, 1.82) is 0 Å². The van der Waals surface area contributed by atoms with Crippen LogP contribution in [0, 0.1) is 13.8 Å². The lowest BCUT2D eigenvalue weighted by molar-refractivity contribution is 0.103. The van der Waals surface area contributed by atoms with Crippen LogP contribution in [0.2, 0.25) is 10.0 Å². The highest BCUT2D eigenvalue weighted by Gasteiger charge is 2.17. The molecule has 0 unspecified atom stereocenters. The van der Waals surface area contributed by atoms with Crippen molar-refractivity contribution in [3.05, 3.63) is 67.1 Å². The standard InChI is InChI=1S/C15H11BrCl2O/c1-8-7-13(17)9(2)6-11(8)15(19)10-4-3-5-12(16)14(10)18/h3-7H,1-2H3. The average molecular weight is 358 g/mol. The van der Waals surface area contributed by atoms with Gasteiger partial charge in [0.05, 0.1) is 5.02 Å². The van der Waals surface area contributed by atoms with Gasteiger partial charge in [-0.2, -0.15) is 0 Å². The van der Waals surface area contributed by atoms with Gasteiger partial charge in [-0.1, -0.05) is 29.3 Å². The quantitative estimate of drug-likeness (QED) is 0.639. The topological polar surface area (TPSA) is 17.1 Å². The number of hydrogen-bond donors (Lipinski definition) is 0. The summed E-state index contributed by atoms with van der Waals surface area (Å²) in [5, 5.41) is 1.09. The molecule has 0 amide bonds. The van der Waals surface area contributed by atoms with Crippen molar-refractivity contribution in [3.8, 4) is 0 Å². The maximum Gasteiger partial charge on any atom is 0.194 e. The van der Waals surface area contributed by atoms with E-state index in [2.05, 4.69) is 15.9 Å². The van der Waals surface area contributed by atoms with Crippen LogP contribution in [-0.2, 0) is 0 Å². The SMILES string of the molecule is Cc1cc(C(=O)c2cccc(Br)c2Cl)c(C)cc1Cl. The number of carbonyl (C=O) groups is 1. The van der Waals surface area contributed by atoms with E-state index in [1.54, 1.807) is 30.3 Å². The van der Waals surface area contributed by atoms with Gasteiger partial charge in [-0.25, -0.2) is 0 Å². The predicted octanol–water partition coefficient (Wildman–Crippen LogP) is 5.60. The molecule has 0 aliphatic carbocycles. The summed E-state index contributed by atoms with van der Waals surface area (Å²) in [6, 6.07) is 8.92. The Morgan fingerprint density at radius 2 is 1.74 bits per heavy atom. The van der Waals surface area contributed by atoms with Crippen molar-refractivity contribution in [2.75, 3.05) is 0 Å². The van der Waals surface area contributed by atoms with Gasteiger partial charge < -0.3 is 0 Å². The number of benzene rings is 2. The molecule has 0 saturated heterocycles. The van der Waals surface area contributed by atoms with E-state index in [4.69, 9.17) is 23.2 Å². The van der Waals surface area contributed by atoms with Crippen LogP contribution < -0.4 is 0 Å². The Morgan fingerprint density at radius 1 is 1.05 bits per heavy atom. The first-order chi connectivity index (χ1) is 8.91. The summed E-state index contributed by atoms with van der Waals surface area (Å²) in [4.78, 5) is 12.6. The highest BCUT2D eigenvalue weighted by atomic mass is 79.9. The lowest BCUT2D eigenvalue weighted by Crippen LogP contribution is -2.05. The second kappa shape index (κ2) is 5.66. The van der Waals surface area contributed by atoms with E-state index in [9.17, 15) is 4.79 Å². The van der Waals surface area contributed by atoms with Crippen molar-refractivity contribution in [2.24, 2.45) is 0 Å². The molecule has 19 heavy (non-hydrogen) atoms. The zero-order chi connectivity index (χ0) is 14.2. The minimum Gasteiger partial charge on any atom is -0.289 e. The van der Waals surface area contributed by atoms with Gasteiger partial charge in [0.1, 0.15) is 0 Å². The number of ketones is 1. The molecule has 0 heterocycles. The summed E-state index contributed by atoms with van der Waals surface area (Å²) in [6.45, 7) is 3.74. The molecule has 4 heteroatoms. The van der Waals surface area contributed by atoms with Crippen molar-refractivity contribution < 1.29 is 4.79 Å². The molecule has 0 bridgehead atoms. The van der Waals surface area contributed by atoms with Gasteiger partial charge in [0, 0.05) is 20.6 Å². The first-order valence-electron chi connectivity index (χ1n) is 5.67. The van der Waals surface area contributed by atoms with E-state index < -0.39 is 0 Å². The monoisotopic (exact) mass is 356 g/mol. The first-order valence-corrected chi connectivity index (χ1v) is 7.22. The molecule has 0 spiro atoms. The van der Waals surface area contributed by atoms with Gasteiger partial charge in [0.25, 0.3) is 0 Å². The lowest BCUT2D eigenvalue weighted by Gasteiger charge is -2.10. The second-order valence-corrected chi connectivity index (χ2v) is 5.99. The Hall–Kier alpha value is -0.830. The molecule has 0 aliphatic rings. The molecule has 0 saturated carbocycles. The number of hydrogen-bond acceptors (Lipinski definition) is 1. The van der Waals surface area contributed by atoms with E-state index in [1.807, 2.05) is 13.8 Å². The number of rotatable bonds is 2. The van der Waals surface area contributed by atoms with E-state index in [-0.39, 0.29) is 5.78 Å². The Labute approximate surface area is 130 Å². The normalized spacial score (nSPS) is 10.6. The third kappa shape index (κ3) is 2.86. The molecule has 0 N–H and O–H groups in total. The minimum absolute atomic E-state index is 0.0939. The molecule has 0 atom stereocenters. The van der Waals surface area contributed by atoms with Gasteiger partial charge in [0.15, 0.2) is 5.78 Å². The zero-order valence-electron chi connectivity index (χ0n) is 10.4. The van der Waals surface area contributed by atoms with E-state index in [1.165, 1.54) is 0 Å². The number of halogens is 3. The fourth-order valence-electron chi connectivity index (χ4n) is 1.85. The van der Waals surface area contributed by atoms with Gasteiger partial charge in [-0.3, -0.25) is 4.79 Å². The zero-order valence-corrected chi connectivity index (χ0v) is 13.5. The summed E-state index contributed by atoms with van der Waals surface area (Å²) in [5.41, 5.74) is 2.83. The molecule has 2 aromatic rings. The highest BCUT2D eigenvalue weighted by Crippen LogP contribution is 2.29. The summed E-state index contributed by atoms with van der Waals surface area (Å²) in [6.07, 6.45) is 0. The molecule has 0 aromatic heterocycles. The van der Waals surface area contributed by atoms with Crippen molar-refractivity contribution >= 4 is 44.9 Å². The van der Waals surface area contributed by atoms with Gasteiger partial charge in [0.2, 0.25) is 0 Å². The summed E-state index contributed by atoms with van der Waals surface area (Å²) in [7, 11) is 0. The van der Waals surface area contributed by atoms with Crippen LogP contribution in [0.3, 0.4) is 0 Å². The smallest absolute Gasteiger partial charge is 0.194 e. The average Bonchev–Trinajstić information content (AvgIpc) is 2.36. The fraction of sp³-hybridized carbons (Fsp3) is 0.133. The minimum atomic E-state index is -0.0939. The summed E-state index contributed by atoms with van der Waals surface area (Å²) >= 11 is 15.5.